The van der Waals surface area contributed by atoms with Crippen LogP contribution in [0.4, 0.5) is 11.4 Å². The van der Waals surface area contributed by atoms with Crippen molar-refractivity contribution in [2.24, 2.45) is 5.41 Å². The molecule has 2 rings (SSSR count). The van der Waals surface area contributed by atoms with Crippen LogP contribution in [0.25, 0.3) is 0 Å². The standard InChI is InChI=1S/C12H14N2O4/c1-12(11(15)16)5-6-13(8-12)9-3-2-4-10(7-9)14(17)18/h2-4,7H,5-6,8H2,1H3,(H,15,16). The van der Waals surface area contributed by atoms with E-state index in [1.54, 1.807) is 19.1 Å². The van der Waals surface area contributed by atoms with Crippen LogP contribution < -0.4 is 4.90 Å². The van der Waals surface area contributed by atoms with Crippen molar-refractivity contribution in [1.82, 2.24) is 0 Å². The number of aliphatic carboxylic acids is 1. The number of carboxylic acids is 1. The Hall–Kier alpha value is -2.11. The lowest BCUT2D eigenvalue weighted by Gasteiger charge is -2.21. The van der Waals surface area contributed by atoms with E-state index in [1.807, 2.05) is 4.90 Å². The number of hydrogen-bond acceptors (Lipinski definition) is 4. The van der Waals surface area contributed by atoms with E-state index in [9.17, 15) is 14.9 Å². The van der Waals surface area contributed by atoms with Crippen molar-refractivity contribution < 1.29 is 14.8 Å². The summed E-state index contributed by atoms with van der Waals surface area (Å²) in [6.07, 6.45) is 0.547. The molecule has 1 aromatic carbocycles. The summed E-state index contributed by atoms with van der Waals surface area (Å²) >= 11 is 0. The molecule has 6 heteroatoms. The van der Waals surface area contributed by atoms with Gasteiger partial charge in [-0.05, 0) is 19.4 Å². The van der Waals surface area contributed by atoms with Crippen LogP contribution in [-0.4, -0.2) is 29.1 Å². The molecule has 1 N–H and O–H groups in total. The number of hydrogen-bond donors (Lipinski definition) is 1. The summed E-state index contributed by atoms with van der Waals surface area (Å²) in [5, 5.41) is 19.8. The van der Waals surface area contributed by atoms with Crippen LogP contribution in [0.15, 0.2) is 24.3 Å². The van der Waals surface area contributed by atoms with Gasteiger partial charge in [0.25, 0.3) is 5.69 Å². The van der Waals surface area contributed by atoms with Crippen molar-refractivity contribution in [2.45, 2.75) is 13.3 Å². The zero-order chi connectivity index (χ0) is 13.3. The van der Waals surface area contributed by atoms with Gasteiger partial charge in [-0.3, -0.25) is 14.9 Å². The molecule has 1 aliphatic rings. The van der Waals surface area contributed by atoms with Gasteiger partial charge in [-0.2, -0.15) is 0 Å². The minimum Gasteiger partial charge on any atom is -0.481 e. The number of nitro benzene ring substituents is 1. The highest BCUT2D eigenvalue weighted by Crippen LogP contribution is 2.34. The normalized spacial score (nSPS) is 23.1. The molecule has 0 bridgehead atoms. The van der Waals surface area contributed by atoms with Gasteiger partial charge in [0.1, 0.15) is 0 Å². The van der Waals surface area contributed by atoms with Gasteiger partial charge in [0.15, 0.2) is 0 Å². The maximum absolute atomic E-state index is 11.1. The van der Waals surface area contributed by atoms with Gasteiger partial charge >= 0.3 is 5.97 Å². The van der Waals surface area contributed by atoms with E-state index in [0.29, 0.717) is 25.2 Å². The second-order valence-corrected chi connectivity index (χ2v) is 4.81. The number of rotatable bonds is 3. The van der Waals surface area contributed by atoms with Gasteiger partial charge in [-0.25, -0.2) is 0 Å². The van der Waals surface area contributed by atoms with E-state index in [4.69, 9.17) is 5.11 Å². The van der Waals surface area contributed by atoms with E-state index in [1.165, 1.54) is 12.1 Å². The molecule has 0 aromatic heterocycles. The van der Waals surface area contributed by atoms with Crippen molar-refractivity contribution in [2.75, 3.05) is 18.0 Å². The Labute approximate surface area is 104 Å². The summed E-state index contributed by atoms with van der Waals surface area (Å²) in [5.41, 5.74) is -0.0458. The van der Waals surface area contributed by atoms with Crippen LogP contribution in [0.5, 0.6) is 0 Å². The molecule has 1 unspecified atom stereocenters. The summed E-state index contributed by atoms with van der Waals surface area (Å²) in [7, 11) is 0. The molecule has 1 aliphatic heterocycles. The van der Waals surface area contributed by atoms with Crippen molar-refractivity contribution in [3.8, 4) is 0 Å². The Morgan fingerprint density at radius 3 is 2.83 bits per heavy atom. The third kappa shape index (κ3) is 2.13. The zero-order valence-corrected chi connectivity index (χ0v) is 10.00. The highest BCUT2D eigenvalue weighted by molar-refractivity contribution is 5.76. The molecule has 6 nitrogen and oxygen atoms in total. The first kappa shape index (κ1) is 12.3. The summed E-state index contributed by atoms with van der Waals surface area (Å²) in [6.45, 7) is 2.68. The molecule has 96 valence electrons. The van der Waals surface area contributed by atoms with E-state index in [-0.39, 0.29) is 5.69 Å². The fourth-order valence-corrected chi connectivity index (χ4v) is 2.16. The lowest BCUT2D eigenvalue weighted by molar-refractivity contribution is -0.384. The molecule has 0 amide bonds. The van der Waals surface area contributed by atoms with E-state index in [0.717, 1.165) is 0 Å². The number of anilines is 1. The minimum absolute atomic E-state index is 0.0245. The number of nitrogens with zero attached hydrogens (tertiary/aromatic N) is 2. The molecule has 1 saturated heterocycles. The second kappa shape index (κ2) is 4.29. The highest BCUT2D eigenvalue weighted by Gasteiger charge is 2.40. The second-order valence-electron chi connectivity index (χ2n) is 4.81. The van der Waals surface area contributed by atoms with Crippen molar-refractivity contribution >= 4 is 17.3 Å². The van der Waals surface area contributed by atoms with Gasteiger partial charge in [0.2, 0.25) is 0 Å². The number of benzene rings is 1. The Morgan fingerprint density at radius 1 is 1.56 bits per heavy atom. The third-order valence-corrected chi connectivity index (χ3v) is 3.40. The predicted octanol–water partition coefficient (Wildman–Crippen LogP) is 1.90. The zero-order valence-electron chi connectivity index (χ0n) is 10.00. The van der Waals surface area contributed by atoms with Gasteiger partial charge in [-0.1, -0.05) is 6.07 Å². The van der Waals surface area contributed by atoms with Gasteiger partial charge < -0.3 is 10.0 Å². The largest absolute Gasteiger partial charge is 0.481 e. The van der Waals surface area contributed by atoms with Crippen molar-refractivity contribution in [1.29, 1.82) is 0 Å². The Bertz CT molecular complexity index is 503. The number of nitro groups is 1. The van der Waals surface area contributed by atoms with E-state index >= 15 is 0 Å². The Kier molecular flexibility index (Phi) is 2.94. The third-order valence-electron chi connectivity index (χ3n) is 3.40. The summed E-state index contributed by atoms with van der Waals surface area (Å²) in [6, 6.07) is 6.29. The first-order valence-corrected chi connectivity index (χ1v) is 5.65. The molecular formula is C12H14N2O4. The van der Waals surface area contributed by atoms with Crippen LogP contribution >= 0.6 is 0 Å². The van der Waals surface area contributed by atoms with Crippen LogP contribution in [0.1, 0.15) is 13.3 Å². The van der Waals surface area contributed by atoms with Crippen LogP contribution in [-0.2, 0) is 4.79 Å². The van der Waals surface area contributed by atoms with Crippen LogP contribution in [0, 0.1) is 15.5 Å². The predicted molar refractivity (Wildman–Crippen MR) is 65.7 cm³/mol. The quantitative estimate of drug-likeness (QED) is 0.654. The van der Waals surface area contributed by atoms with Crippen LogP contribution in [0.3, 0.4) is 0 Å². The highest BCUT2D eigenvalue weighted by atomic mass is 16.6. The molecule has 0 spiro atoms. The monoisotopic (exact) mass is 250 g/mol. The number of carboxylic acid groups (broad SMARTS) is 1. The Morgan fingerprint density at radius 2 is 2.28 bits per heavy atom. The maximum atomic E-state index is 11.1. The lowest BCUT2D eigenvalue weighted by Crippen LogP contribution is -2.31. The van der Waals surface area contributed by atoms with E-state index in [2.05, 4.69) is 0 Å². The molecule has 1 fully saturated rings. The molecule has 1 aromatic rings. The maximum Gasteiger partial charge on any atom is 0.311 e. The first-order chi connectivity index (χ1) is 8.42. The number of non-ortho nitro benzene ring substituents is 1. The SMILES string of the molecule is CC1(C(=O)O)CCN(c2cccc([N+](=O)[O-])c2)C1. The van der Waals surface area contributed by atoms with Crippen LogP contribution in [0.2, 0.25) is 0 Å². The molecule has 0 saturated carbocycles. The summed E-state index contributed by atoms with van der Waals surface area (Å²) in [5.74, 6) is -0.824. The topological polar surface area (TPSA) is 83.7 Å². The average Bonchev–Trinajstić information content (AvgIpc) is 2.73. The average molecular weight is 250 g/mol. The fraction of sp³-hybridized carbons (Fsp3) is 0.417. The molecule has 18 heavy (non-hydrogen) atoms. The molecular weight excluding hydrogens is 236 g/mol. The Balaban J connectivity index is 2.22. The first-order valence-electron chi connectivity index (χ1n) is 5.65. The van der Waals surface area contributed by atoms with E-state index < -0.39 is 16.3 Å². The summed E-state index contributed by atoms with van der Waals surface area (Å²) < 4.78 is 0. The lowest BCUT2D eigenvalue weighted by atomic mass is 9.90. The molecule has 0 aliphatic carbocycles. The van der Waals surface area contributed by atoms with Gasteiger partial charge in [0, 0.05) is 30.9 Å². The van der Waals surface area contributed by atoms with Crippen molar-refractivity contribution in [3.05, 3.63) is 34.4 Å². The van der Waals surface area contributed by atoms with Gasteiger partial charge in [-0.15, -0.1) is 0 Å². The number of carbonyl (C=O) groups is 1. The summed E-state index contributed by atoms with van der Waals surface area (Å²) in [4.78, 5) is 23.3. The smallest absolute Gasteiger partial charge is 0.311 e. The molecule has 1 atom stereocenters. The minimum atomic E-state index is -0.824. The molecule has 0 radical (unpaired) electrons. The molecule has 1 heterocycles. The fourth-order valence-electron chi connectivity index (χ4n) is 2.16. The van der Waals surface area contributed by atoms with Crippen molar-refractivity contribution in [3.63, 3.8) is 0 Å². The van der Waals surface area contributed by atoms with Gasteiger partial charge in [0.05, 0.1) is 10.3 Å².